The highest BCUT2D eigenvalue weighted by molar-refractivity contribution is 6.43. The molecule has 0 saturated carbocycles. The number of aliphatic hydroxyl groups is 1. The molecule has 0 atom stereocenters. The Morgan fingerprint density at radius 2 is 1.07 bits per heavy atom. The van der Waals surface area contributed by atoms with Gasteiger partial charge in [0, 0.05) is 46.2 Å². The molecule has 8 rings (SSSR count). The molecule has 0 radical (unpaired) electrons. The lowest BCUT2D eigenvalue weighted by molar-refractivity contribution is 0.0606. The second-order valence-corrected chi connectivity index (χ2v) is 12.1. The van der Waals surface area contributed by atoms with Gasteiger partial charge in [0.25, 0.3) is 23.6 Å². The van der Waals surface area contributed by atoms with Gasteiger partial charge in [-0.3, -0.25) is 24.1 Å². The topological polar surface area (TPSA) is 95.0 Å². The standard InChI is InChI=1S/C38H30N2O5/c1-3-21-9-7-8-20(2)34(21)40-37(44)28-16-12-24-22-10-14-26-32-27(36(43)39(35(26)42)18-5-4-6-19-41)15-11-23(30(22)32)25-13-17-29(38(40)45)33(28)31(24)25/h7-17,41H,3-6,18-19H2,1-2H3. The smallest absolute Gasteiger partial charge is 0.266 e. The Balaban J connectivity index is 1.35. The minimum atomic E-state index is -0.341. The maximum atomic E-state index is 14.2. The number of nitrogens with zero attached hydrogens (tertiary/aromatic N) is 2. The number of imide groups is 2. The number of para-hydroxylation sites is 1. The van der Waals surface area contributed by atoms with E-state index in [-0.39, 0.29) is 30.2 Å². The summed E-state index contributed by atoms with van der Waals surface area (Å²) in [6.45, 7) is 4.32. The molecule has 0 spiro atoms. The van der Waals surface area contributed by atoms with E-state index in [0.717, 1.165) is 49.9 Å². The number of amides is 4. The van der Waals surface area contributed by atoms with E-state index in [4.69, 9.17) is 5.11 Å². The van der Waals surface area contributed by atoms with Gasteiger partial charge in [-0.25, -0.2) is 4.90 Å². The fourth-order valence-corrected chi connectivity index (χ4v) is 7.61. The highest BCUT2D eigenvalue weighted by atomic mass is 16.3. The minimum Gasteiger partial charge on any atom is -0.396 e. The van der Waals surface area contributed by atoms with E-state index in [1.165, 1.54) is 9.80 Å². The largest absolute Gasteiger partial charge is 0.396 e. The van der Waals surface area contributed by atoms with Gasteiger partial charge in [-0.1, -0.05) is 49.4 Å². The predicted molar refractivity (Wildman–Crippen MR) is 176 cm³/mol. The van der Waals surface area contributed by atoms with Gasteiger partial charge in [0.05, 0.1) is 5.69 Å². The summed E-state index contributed by atoms with van der Waals surface area (Å²) in [5, 5.41) is 15.6. The molecule has 222 valence electrons. The third kappa shape index (κ3) is 3.61. The number of carbonyl (C=O) groups excluding carboxylic acids is 4. The van der Waals surface area contributed by atoms with Crippen LogP contribution in [0.1, 0.15) is 78.7 Å². The zero-order valence-corrected chi connectivity index (χ0v) is 25.1. The zero-order valence-electron chi connectivity index (χ0n) is 25.1. The maximum Gasteiger partial charge on any atom is 0.266 e. The van der Waals surface area contributed by atoms with Gasteiger partial charge in [0.2, 0.25) is 0 Å². The van der Waals surface area contributed by atoms with Crippen LogP contribution in [0.25, 0.3) is 43.1 Å². The SMILES string of the molecule is CCc1cccc(C)c1N1C(=O)c2ccc3c4ccc5c6c(ccc(c7ccc(c2c37)C1=O)c64)C(=O)N(CCCCCO)C5=O. The molecule has 2 heterocycles. The van der Waals surface area contributed by atoms with Crippen LogP contribution in [0.2, 0.25) is 0 Å². The first-order chi connectivity index (χ1) is 21.9. The van der Waals surface area contributed by atoms with Crippen LogP contribution in [0, 0.1) is 6.92 Å². The van der Waals surface area contributed by atoms with Crippen LogP contribution in [0.15, 0.2) is 66.7 Å². The average Bonchev–Trinajstić information content (AvgIpc) is 3.05. The van der Waals surface area contributed by atoms with Gasteiger partial charge < -0.3 is 5.11 Å². The first-order valence-corrected chi connectivity index (χ1v) is 15.5. The van der Waals surface area contributed by atoms with Gasteiger partial charge in [0.1, 0.15) is 0 Å². The zero-order chi connectivity index (χ0) is 31.1. The average molecular weight is 595 g/mol. The number of anilines is 1. The minimum absolute atomic E-state index is 0.0832. The summed E-state index contributed by atoms with van der Waals surface area (Å²) in [5.41, 5.74) is 4.40. The molecular formula is C38H30N2O5. The lowest BCUT2D eigenvalue weighted by atomic mass is 9.82. The number of benzene rings is 6. The van der Waals surface area contributed by atoms with Crippen molar-refractivity contribution in [3.05, 3.63) is 100 Å². The van der Waals surface area contributed by atoms with Crippen LogP contribution in [0.5, 0.6) is 0 Å². The van der Waals surface area contributed by atoms with Gasteiger partial charge in [0.15, 0.2) is 0 Å². The Hall–Kier alpha value is -5.14. The van der Waals surface area contributed by atoms with Crippen molar-refractivity contribution in [2.24, 2.45) is 0 Å². The number of rotatable bonds is 7. The van der Waals surface area contributed by atoms with Crippen molar-refractivity contribution in [1.82, 2.24) is 4.90 Å². The maximum absolute atomic E-state index is 14.2. The number of carbonyl (C=O) groups is 4. The molecule has 2 aliphatic rings. The summed E-state index contributed by atoms with van der Waals surface area (Å²) in [6.07, 6.45) is 2.67. The third-order valence-corrected chi connectivity index (χ3v) is 9.69. The van der Waals surface area contributed by atoms with Crippen LogP contribution in [0.3, 0.4) is 0 Å². The van der Waals surface area contributed by atoms with E-state index in [0.29, 0.717) is 64.5 Å². The normalized spacial score (nSPS) is 14.7. The molecule has 4 amide bonds. The monoisotopic (exact) mass is 594 g/mol. The number of aliphatic hydroxyl groups excluding tert-OH is 1. The number of hydrogen-bond acceptors (Lipinski definition) is 5. The lowest BCUT2D eigenvalue weighted by Gasteiger charge is -2.31. The number of hydrogen-bond donors (Lipinski definition) is 1. The molecule has 0 fully saturated rings. The van der Waals surface area contributed by atoms with E-state index in [1.807, 2.05) is 68.4 Å². The van der Waals surface area contributed by atoms with Crippen LogP contribution in [0.4, 0.5) is 5.69 Å². The molecular weight excluding hydrogens is 564 g/mol. The van der Waals surface area contributed by atoms with Crippen molar-refractivity contribution < 1.29 is 24.3 Å². The summed E-state index contributed by atoms with van der Waals surface area (Å²) >= 11 is 0. The van der Waals surface area contributed by atoms with Crippen molar-refractivity contribution in [3.8, 4) is 0 Å². The van der Waals surface area contributed by atoms with E-state index in [1.54, 1.807) is 12.1 Å². The van der Waals surface area contributed by atoms with Crippen molar-refractivity contribution >= 4 is 72.4 Å². The molecule has 45 heavy (non-hydrogen) atoms. The van der Waals surface area contributed by atoms with Crippen molar-refractivity contribution in [2.45, 2.75) is 39.5 Å². The van der Waals surface area contributed by atoms with E-state index < -0.39 is 0 Å². The first-order valence-electron chi connectivity index (χ1n) is 15.5. The van der Waals surface area contributed by atoms with E-state index in [2.05, 4.69) is 0 Å². The van der Waals surface area contributed by atoms with Gasteiger partial charge >= 0.3 is 0 Å². The van der Waals surface area contributed by atoms with Crippen LogP contribution < -0.4 is 4.90 Å². The Kier molecular flexibility index (Phi) is 6.05. The second kappa shape index (κ2) is 9.94. The van der Waals surface area contributed by atoms with Crippen molar-refractivity contribution in [1.29, 1.82) is 0 Å². The second-order valence-electron chi connectivity index (χ2n) is 12.1. The molecule has 1 N–H and O–H groups in total. The van der Waals surface area contributed by atoms with E-state index in [9.17, 15) is 19.2 Å². The van der Waals surface area contributed by atoms with Gasteiger partial charge in [-0.05, 0) is 100 Å². The fourth-order valence-electron chi connectivity index (χ4n) is 7.61. The highest BCUT2D eigenvalue weighted by Gasteiger charge is 2.38. The molecule has 7 heteroatoms. The molecule has 0 aliphatic carbocycles. The van der Waals surface area contributed by atoms with E-state index >= 15 is 0 Å². The van der Waals surface area contributed by atoms with Crippen LogP contribution >= 0.6 is 0 Å². The Morgan fingerprint density at radius 1 is 0.578 bits per heavy atom. The lowest BCUT2D eigenvalue weighted by Crippen LogP contribution is -2.41. The molecule has 6 aromatic carbocycles. The fraction of sp³-hybridized carbons (Fsp3) is 0.211. The number of fused-ring (bicyclic) bond motifs is 2. The molecule has 2 aliphatic heterocycles. The summed E-state index contributed by atoms with van der Waals surface area (Å²) < 4.78 is 0. The summed E-state index contributed by atoms with van der Waals surface area (Å²) in [5.74, 6) is -1.30. The molecule has 7 nitrogen and oxygen atoms in total. The number of aryl methyl sites for hydroxylation is 2. The van der Waals surface area contributed by atoms with Gasteiger partial charge in [-0.15, -0.1) is 0 Å². The third-order valence-electron chi connectivity index (χ3n) is 9.69. The van der Waals surface area contributed by atoms with Crippen LogP contribution in [-0.2, 0) is 6.42 Å². The molecule has 0 saturated heterocycles. The van der Waals surface area contributed by atoms with Crippen LogP contribution in [-0.4, -0.2) is 46.8 Å². The number of unbranched alkanes of at least 4 members (excludes halogenated alkanes) is 2. The Morgan fingerprint density at radius 3 is 1.53 bits per heavy atom. The Bertz CT molecular complexity index is 2180. The predicted octanol–water partition coefficient (Wildman–Crippen LogP) is 7.17. The molecule has 0 unspecified atom stereocenters. The summed E-state index contributed by atoms with van der Waals surface area (Å²) in [7, 11) is 0. The molecule has 0 aromatic heterocycles. The molecule has 0 bridgehead atoms. The quantitative estimate of drug-likeness (QED) is 0.0916. The first kappa shape index (κ1) is 27.4. The van der Waals surface area contributed by atoms with Crippen molar-refractivity contribution in [2.75, 3.05) is 18.1 Å². The summed E-state index contributed by atoms with van der Waals surface area (Å²) in [4.78, 5) is 58.3. The highest BCUT2D eigenvalue weighted by Crippen LogP contribution is 2.47. The molecule has 6 aromatic rings. The van der Waals surface area contributed by atoms with Crippen molar-refractivity contribution in [3.63, 3.8) is 0 Å². The summed E-state index contributed by atoms with van der Waals surface area (Å²) in [6, 6.07) is 20.7. The Labute approximate surface area is 259 Å². The van der Waals surface area contributed by atoms with Gasteiger partial charge in [-0.2, -0.15) is 0 Å².